The third kappa shape index (κ3) is 4.39. The number of ether oxygens (including phenoxy) is 1. The van der Waals surface area contributed by atoms with Gasteiger partial charge in [-0.1, -0.05) is 36.8 Å². The van der Waals surface area contributed by atoms with Crippen molar-refractivity contribution in [2.75, 3.05) is 12.8 Å². The molecule has 0 aliphatic rings. The highest BCUT2D eigenvalue weighted by Gasteiger charge is 2.23. The Kier molecular flexibility index (Phi) is 6.17. The van der Waals surface area contributed by atoms with E-state index in [1.54, 1.807) is 7.11 Å². The van der Waals surface area contributed by atoms with Crippen molar-refractivity contribution in [3.63, 3.8) is 0 Å². The standard InChI is InChI=1S/C18H22N8O3/c1-4-7-13-15(21-25-26(13)17-16(19)23-29-24-17)18(27)22-20-11(2)10-12-8-5-6-9-14(12)28-3/h5-6,8-9H,4,7,10H2,1-3H3,(H2,19,23)(H,22,27)/b20-11+. The molecule has 2 heterocycles. The highest BCUT2D eigenvalue weighted by atomic mass is 16.6. The molecule has 152 valence electrons. The molecular formula is C18H22N8O3. The number of nitrogens with two attached hydrogens (primary N) is 1. The van der Waals surface area contributed by atoms with Crippen LogP contribution in [0.15, 0.2) is 34.0 Å². The van der Waals surface area contributed by atoms with E-state index in [0.29, 0.717) is 24.2 Å². The van der Waals surface area contributed by atoms with Crippen LogP contribution in [0.2, 0.25) is 0 Å². The number of methoxy groups -OCH3 is 1. The number of nitrogen functional groups attached to an aromatic ring is 1. The SMILES string of the molecule is CCCc1c(C(=O)N/N=C(\C)Cc2ccccc2OC)nnn1-c1nonc1N. The predicted molar refractivity (Wildman–Crippen MR) is 105 cm³/mol. The molecule has 3 aromatic rings. The van der Waals surface area contributed by atoms with E-state index < -0.39 is 5.91 Å². The fourth-order valence-corrected chi connectivity index (χ4v) is 2.81. The second-order valence-electron chi connectivity index (χ2n) is 6.30. The molecule has 3 rings (SSSR count). The quantitative estimate of drug-likeness (QED) is 0.429. The van der Waals surface area contributed by atoms with E-state index in [1.807, 2.05) is 38.1 Å². The van der Waals surface area contributed by atoms with Crippen LogP contribution >= 0.6 is 0 Å². The molecule has 1 aromatic carbocycles. The third-order valence-corrected chi connectivity index (χ3v) is 4.15. The molecule has 0 saturated heterocycles. The Bertz CT molecular complexity index is 1020. The van der Waals surface area contributed by atoms with Crippen LogP contribution in [0, 0.1) is 0 Å². The van der Waals surface area contributed by atoms with Crippen molar-refractivity contribution < 1.29 is 14.2 Å². The molecule has 29 heavy (non-hydrogen) atoms. The van der Waals surface area contributed by atoms with Gasteiger partial charge in [0.05, 0.1) is 12.8 Å². The maximum absolute atomic E-state index is 12.6. The van der Waals surface area contributed by atoms with Gasteiger partial charge in [-0.05, 0) is 35.3 Å². The van der Waals surface area contributed by atoms with Gasteiger partial charge in [-0.25, -0.2) is 10.1 Å². The number of aromatic nitrogens is 5. The van der Waals surface area contributed by atoms with Crippen LogP contribution < -0.4 is 15.9 Å². The first kappa shape index (κ1) is 20.0. The Morgan fingerprint density at radius 1 is 1.34 bits per heavy atom. The summed E-state index contributed by atoms with van der Waals surface area (Å²) in [5.74, 6) is 0.537. The summed E-state index contributed by atoms with van der Waals surface area (Å²) in [6.07, 6.45) is 1.82. The van der Waals surface area contributed by atoms with Crippen molar-refractivity contribution in [2.45, 2.75) is 33.1 Å². The lowest BCUT2D eigenvalue weighted by Gasteiger charge is -2.08. The second kappa shape index (κ2) is 8.95. The number of hydrogen-bond acceptors (Lipinski definition) is 9. The topological polar surface area (TPSA) is 146 Å². The maximum atomic E-state index is 12.6. The summed E-state index contributed by atoms with van der Waals surface area (Å²) in [5, 5.41) is 19.4. The highest BCUT2D eigenvalue weighted by molar-refractivity contribution is 5.94. The monoisotopic (exact) mass is 398 g/mol. The minimum atomic E-state index is -0.478. The van der Waals surface area contributed by atoms with Gasteiger partial charge >= 0.3 is 0 Å². The number of amides is 1. The first-order valence-electron chi connectivity index (χ1n) is 9.03. The first-order chi connectivity index (χ1) is 14.0. The molecule has 0 aliphatic heterocycles. The summed E-state index contributed by atoms with van der Waals surface area (Å²) < 4.78 is 11.3. The molecule has 0 atom stereocenters. The fraction of sp³-hybridized carbons (Fsp3) is 0.333. The average Bonchev–Trinajstić information content (AvgIpc) is 3.32. The summed E-state index contributed by atoms with van der Waals surface area (Å²) in [4.78, 5) is 12.6. The van der Waals surface area contributed by atoms with Gasteiger partial charge in [-0.3, -0.25) is 4.79 Å². The van der Waals surface area contributed by atoms with Gasteiger partial charge < -0.3 is 10.5 Å². The molecule has 3 N–H and O–H groups in total. The molecule has 0 radical (unpaired) electrons. The number of rotatable bonds is 8. The lowest BCUT2D eigenvalue weighted by molar-refractivity contribution is 0.0948. The summed E-state index contributed by atoms with van der Waals surface area (Å²) in [7, 11) is 1.61. The van der Waals surface area contributed by atoms with E-state index in [1.165, 1.54) is 4.68 Å². The van der Waals surface area contributed by atoms with Crippen LogP contribution in [-0.2, 0) is 12.8 Å². The zero-order valence-electron chi connectivity index (χ0n) is 16.4. The van der Waals surface area contributed by atoms with E-state index in [0.717, 1.165) is 17.7 Å². The van der Waals surface area contributed by atoms with Crippen molar-refractivity contribution in [3.8, 4) is 11.6 Å². The van der Waals surface area contributed by atoms with Gasteiger partial charge in [-0.2, -0.15) is 9.78 Å². The lowest BCUT2D eigenvalue weighted by atomic mass is 10.1. The van der Waals surface area contributed by atoms with Crippen molar-refractivity contribution in [1.29, 1.82) is 0 Å². The van der Waals surface area contributed by atoms with Gasteiger partial charge in [0.25, 0.3) is 5.91 Å². The lowest BCUT2D eigenvalue weighted by Crippen LogP contribution is -2.22. The number of carbonyl (C=O) groups excluding carboxylic acids is 1. The molecule has 0 spiro atoms. The van der Waals surface area contributed by atoms with E-state index in [4.69, 9.17) is 10.5 Å². The summed E-state index contributed by atoms with van der Waals surface area (Å²) in [6, 6.07) is 7.64. The minimum absolute atomic E-state index is 0.0601. The van der Waals surface area contributed by atoms with Crippen molar-refractivity contribution in [3.05, 3.63) is 41.2 Å². The van der Waals surface area contributed by atoms with E-state index >= 15 is 0 Å². The van der Waals surface area contributed by atoms with Crippen LogP contribution in [0.1, 0.15) is 42.0 Å². The number of carbonyl (C=O) groups is 1. The molecular weight excluding hydrogens is 376 g/mol. The number of hydrogen-bond donors (Lipinski definition) is 2. The van der Waals surface area contributed by atoms with Crippen LogP contribution in [-0.4, -0.2) is 44.0 Å². The van der Waals surface area contributed by atoms with Gasteiger partial charge in [0.2, 0.25) is 11.6 Å². The minimum Gasteiger partial charge on any atom is -0.496 e. The van der Waals surface area contributed by atoms with Crippen LogP contribution in [0.25, 0.3) is 5.82 Å². The maximum Gasteiger partial charge on any atom is 0.293 e. The second-order valence-corrected chi connectivity index (χ2v) is 6.30. The van der Waals surface area contributed by atoms with Crippen LogP contribution in [0.4, 0.5) is 5.82 Å². The smallest absolute Gasteiger partial charge is 0.293 e. The number of hydrazone groups is 1. The number of nitrogens with one attached hydrogen (secondary N) is 1. The Hall–Kier alpha value is -3.76. The van der Waals surface area contributed by atoms with Crippen molar-refractivity contribution in [1.82, 2.24) is 30.7 Å². The highest BCUT2D eigenvalue weighted by Crippen LogP contribution is 2.19. The predicted octanol–water partition coefficient (Wildman–Crippen LogP) is 1.54. The first-order valence-corrected chi connectivity index (χ1v) is 9.03. The fourth-order valence-electron chi connectivity index (χ4n) is 2.81. The largest absolute Gasteiger partial charge is 0.496 e. The molecule has 0 unspecified atom stereocenters. The molecule has 0 bridgehead atoms. The Balaban J connectivity index is 1.77. The molecule has 11 nitrogen and oxygen atoms in total. The zero-order chi connectivity index (χ0) is 20.8. The molecule has 0 fully saturated rings. The van der Waals surface area contributed by atoms with Crippen molar-refractivity contribution in [2.24, 2.45) is 5.10 Å². The van der Waals surface area contributed by atoms with Crippen LogP contribution in [0.3, 0.4) is 0 Å². The molecule has 0 saturated carbocycles. The molecule has 2 aromatic heterocycles. The average molecular weight is 398 g/mol. The summed E-state index contributed by atoms with van der Waals surface area (Å²) >= 11 is 0. The zero-order valence-corrected chi connectivity index (χ0v) is 16.4. The Labute approximate surface area is 166 Å². The summed E-state index contributed by atoms with van der Waals surface area (Å²) in [6.45, 7) is 3.79. The van der Waals surface area contributed by atoms with Crippen molar-refractivity contribution >= 4 is 17.4 Å². The van der Waals surface area contributed by atoms with Crippen LogP contribution in [0.5, 0.6) is 5.75 Å². The number of benzene rings is 1. The third-order valence-electron chi connectivity index (χ3n) is 4.15. The molecule has 1 amide bonds. The number of anilines is 1. The van der Waals surface area contributed by atoms with Gasteiger partial charge in [0.15, 0.2) is 5.69 Å². The number of nitrogens with zero attached hydrogens (tertiary/aromatic N) is 6. The Morgan fingerprint density at radius 3 is 2.83 bits per heavy atom. The van der Waals surface area contributed by atoms with Gasteiger partial charge in [0.1, 0.15) is 5.75 Å². The Morgan fingerprint density at radius 2 is 2.14 bits per heavy atom. The van der Waals surface area contributed by atoms with E-state index in [9.17, 15) is 4.79 Å². The molecule has 0 aliphatic carbocycles. The number of para-hydroxylation sites is 1. The van der Waals surface area contributed by atoms with Gasteiger partial charge in [-0.15, -0.1) is 5.10 Å². The van der Waals surface area contributed by atoms with E-state index in [-0.39, 0.29) is 17.3 Å². The summed E-state index contributed by atoms with van der Waals surface area (Å²) in [5.41, 5.74) is 10.6. The molecule has 11 heteroatoms. The van der Waals surface area contributed by atoms with Gasteiger partial charge in [0, 0.05) is 12.1 Å². The van der Waals surface area contributed by atoms with E-state index in [2.05, 4.69) is 35.8 Å². The normalized spacial score (nSPS) is 11.5.